The molecule has 1 saturated heterocycles. The molecule has 6 heteroatoms. The minimum Gasteiger partial charge on any atom is -0.508 e. The first-order valence-corrected chi connectivity index (χ1v) is 9.94. The van der Waals surface area contributed by atoms with Crippen molar-refractivity contribution < 1.29 is 19.8 Å². The highest BCUT2D eigenvalue weighted by atomic mass is 16.4. The molecule has 6 nitrogen and oxygen atoms in total. The van der Waals surface area contributed by atoms with E-state index < -0.39 is 5.97 Å². The van der Waals surface area contributed by atoms with Crippen LogP contribution < -0.4 is 5.32 Å². The molecule has 0 radical (unpaired) electrons. The Hall–Kier alpha value is -2.86. The number of likely N-dealkylation sites (tertiary alicyclic amines) is 1. The van der Waals surface area contributed by atoms with Crippen LogP contribution in [0.5, 0.6) is 5.75 Å². The number of hydrogen-bond donors (Lipinski definition) is 3. The van der Waals surface area contributed by atoms with Crippen LogP contribution in [0.3, 0.4) is 0 Å². The number of carboxylic acid groups (broad SMARTS) is 1. The van der Waals surface area contributed by atoms with E-state index in [0.29, 0.717) is 12.1 Å². The first kappa shape index (κ1) is 19.5. The molecule has 2 aromatic carbocycles. The number of hydrogen-bond acceptors (Lipinski definition) is 4. The summed E-state index contributed by atoms with van der Waals surface area (Å²) in [6.45, 7) is 3.18. The van der Waals surface area contributed by atoms with E-state index in [0.717, 1.165) is 24.9 Å². The minimum absolute atomic E-state index is 0.0757. The number of likely N-dealkylation sites (N-methyl/N-ethyl adjacent to an activating group) is 1. The maximum atomic E-state index is 12.9. The summed E-state index contributed by atoms with van der Waals surface area (Å²) in [4.78, 5) is 26.2. The van der Waals surface area contributed by atoms with Crippen molar-refractivity contribution in [2.45, 2.75) is 37.6 Å². The van der Waals surface area contributed by atoms with E-state index in [2.05, 4.69) is 24.2 Å². The number of aromatic hydroxyl groups is 1. The molecule has 0 spiro atoms. The normalized spacial score (nSPS) is 25.9. The Morgan fingerprint density at radius 3 is 2.62 bits per heavy atom. The minimum atomic E-state index is -0.990. The van der Waals surface area contributed by atoms with Crippen molar-refractivity contribution >= 4 is 17.6 Å². The zero-order valence-electron chi connectivity index (χ0n) is 16.7. The predicted octanol–water partition coefficient (Wildman–Crippen LogP) is 3.25. The number of carboxylic acids is 1. The van der Waals surface area contributed by atoms with E-state index in [4.69, 9.17) is 5.11 Å². The summed E-state index contributed by atoms with van der Waals surface area (Å²) in [5.74, 6) is -0.665. The third kappa shape index (κ3) is 3.49. The molecule has 2 aromatic rings. The second-order valence-corrected chi connectivity index (χ2v) is 8.50. The summed E-state index contributed by atoms with van der Waals surface area (Å²) in [5, 5.41) is 22.0. The van der Waals surface area contributed by atoms with E-state index in [1.165, 1.54) is 17.7 Å². The number of nitrogens with one attached hydrogen (secondary N) is 1. The second kappa shape index (κ2) is 7.19. The van der Waals surface area contributed by atoms with Crippen molar-refractivity contribution in [3.05, 3.63) is 59.2 Å². The fourth-order valence-electron chi connectivity index (χ4n) is 5.09. The van der Waals surface area contributed by atoms with Crippen LogP contribution in [0.25, 0.3) is 0 Å². The number of amides is 1. The summed E-state index contributed by atoms with van der Waals surface area (Å²) in [5.41, 5.74) is 3.02. The Bertz CT molecular complexity index is 956. The summed E-state index contributed by atoms with van der Waals surface area (Å²) in [7, 11) is 2.12. The number of carbonyl (C=O) groups is 2. The topological polar surface area (TPSA) is 89.9 Å². The van der Waals surface area contributed by atoms with Gasteiger partial charge in [0.2, 0.25) is 5.91 Å². The van der Waals surface area contributed by atoms with Gasteiger partial charge in [0.1, 0.15) is 5.75 Å². The molecule has 1 fully saturated rings. The zero-order chi connectivity index (χ0) is 20.8. The molecule has 1 unspecified atom stereocenters. The molecule has 4 rings (SSSR count). The lowest BCUT2D eigenvalue weighted by molar-refractivity contribution is -0.119. The molecular weight excluding hydrogens is 368 g/mol. The van der Waals surface area contributed by atoms with E-state index in [-0.39, 0.29) is 34.6 Å². The van der Waals surface area contributed by atoms with E-state index in [1.807, 2.05) is 12.1 Å². The zero-order valence-corrected chi connectivity index (χ0v) is 16.7. The van der Waals surface area contributed by atoms with E-state index in [1.54, 1.807) is 18.2 Å². The van der Waals surface area contributed by atoms with Gasteiger partial charge in [0, 0.05) is 18.2 Å². The van der Waals surface area contributed by atoms with Crippen LogP contribution in [0.4, 0.5) is 5.69 Å². The number of anilines is 1. The molecule has 152 valence electrons. The molecule has 2 aliphatic rings. The van der Waals surface area contributed by atoms with Gasteiger partial charge in [0.15, 0.2) is 0 Å². The predicted molar refractivity (Wildman–Crippen MR) is 110 cm³/mol. The maximum absolute atomic E-state index is 12.9. The Labute approximate surface area is 170 Å². The monoisotopic (exact) mass is 394 g/mol. The Kier molecular flexibility index (Phi) is 4.82. The molecule has 1 aliphatic heterocycles. The average Bonchev–Trinajstić information content (AvgIpc) is 2.68. The van der Waals surface area contributed by atoms with Gasteiger partial charge in [-0.25, -0.2) is 4.79 Å². The number of phenolic OH excluding ortho intramolecular Hbond substituents is 1. The number of carbonyl (C=O) groups excluding carboxylic acids is 1. The molecule has 1 heterocycles. The van der Waals surface area contributed by atoms with Crippen LogP contribution in [-0.4, -0.2) is 46.6 Å². The Morgan fingerprint density at radius 1 is 1.21 bits per heavy atom. The van der Waals surface area contributed by atoms with Crippen molar-refractivity contribution in [1.29, 1.82) is 0 Å². The molecule has 0 aromatic heterocycles. The standard InChI is InChI=1S/C23H26N2O4/c1-23-9-10-25(2)20(11-15-5-8-17(26)12-18(15)23)19(23)13-21(27)24-16-6-3-14(4-7-16)22(28)29/h3-8,12,19-20,26H,9-11,13H2,1-2H3,(H,24,27)(H,28,29)/t19-,20?,23-/m0/s1. The van der Waals surface area contributed by atoms with Crippen LogP contribution >= 0.6 is 0 Å². The number of phenols is 1. The quantitative estimate of drug-likeness (QED) is 0.741. The van der Waals surface area contributed by atoms with Crippen LogP contribution in [0, 0.1) is 5.92 Å². The number of fused-ring (bicyclic) bond motifs is 4. The molecule has 3 atom stereocenters. The molecule has 3 N–H and O–H groups in total. The van der Waals surface area contributed by atoms with Crippen LogP contribution in [0.1, 0.15) is 41.3 Å². The maximum Gasteiger partial charge on any atom is 0.335 e. The van der Waals surface area contributed by atoms with Gasteiger partial charge in [0.25, 0.3) is 0 Å². The largest absolute Gasteiger partial charge is 0.508 e. The summed E-state index contributed by atoms with van der Waals surface area (Å²) < 4.78 is 0. The molecule has 1 aliphatic carbocycles. The van der Waals surface area contributed by atoms with Gasteiger partial charge in [-0.2, -0.15) is 0 Å². The summed E-state index contributed by atoms with van der Waals surface area (Å²) in [6.07, 6.45) is 2.18. The SMILES string of the molecule is CN1CC[C@@]2(C)c3cc(O)ccc3CC1[C@@H]2CC(=O)Nc1ccc(C(=O)O)cc1. The lowest BCUT2D eigenvalue weighted by Gasteiger charge is -2.54. The van der Waals surface area contributed by atoms with Crippen molar-refractivity contribution in [1.82, 2.24) is 4.90 Å². The average molecular weight is 394 g/mol. The fraction of sp³-hybridized carbons (Fsp3) is 0.391. The van der Waals surface area contributed by atoms with E-state index >= 15 is 0 Å². The molecule has 1 amide bonds. The van der Waals surface area contributed by atoms with Crippen LogP contribution in [-0.2, 0) is 16.6 Å². The lowest BCUT2D eigenvalue weighted by Crippen LogP contribution is -2.58. The smallest absolute Gasteiger partial charge is 0.335 e. The van der Waals surface area contributed by atoms with Gasteiger partial charge in [-0.15, -0.1) is 0 Å². The molecular formula is C23H26N2O4. The highest BCUT2D eigenvalue weighted by Gasteiger charge is 2.50. The Balaban J connectivity index is 1.57. The van der Waals surface area contributed by atoms with Gasteiger partial charge < -0.3 is 20.4 Å². The number of benzene rings is 2. The molecule has 0 saturated carbocycles. The van der Waals surface area contributed by atoms with Crippen molar-refractivity contribution in [3.8, 4) is 5.75 Å². The number of nitrogens with zero attached hydrogens (tertiary/aromatic N) is 1. The second-order valence-electron chi connectivity index (χ2n) is 8.50. The summed E-state index contributed by atoms with van der Waals surface area (Å²) in [6, 6.07) is 12.1. The molecule has 2 bridgehead atoms. The Morgan fingerprint density at radius 2 is 1.93 bits per heavy atom. The van der Waals surface area contributed by atoms with Crippen molar-refractivity contribution in [2.24, 2.45) is 5.92 Å². The van der Waals surface area contributed by atoms with Gasteiger partial charge in [-0.1, -0.05) is 13.0 Å². The first-order valence-electron chi connectivity index (χ1n) is 9.94. The number of aromatic carboxylic acids is 1. The third-order valence-corrected chi connectivity index (χ3v) is 6.79. The van der Waals surface area contributed by atoms with Gasteiger partial charge in [-0.3, -0.25) is 4.79 Å². The number of piperidine rings is 1. The highest BCUT2D eigenvalue weighted by molar-refractivity contribution is 5.92. The van der Waals surface area contributed by atoms with Crippen molar-refractivity contribution in [3.63, 3.8) is 0 Å². The van der Waals surface area contributed by atoms with Crippen LogP contribution in [0.15, 0.2) is 42.5 Å². The summed E-state index contributed by atoms with van der Waals surface area (Å²) >= 11 is 0. The van der Waals surface area contributed by atoms with Gasteiger partial charge in [0.05, 0.1) is 5.56 Å². The molecule has 29 heavy (non-hydrogen) atoms. The number of rotatable bonds is 4. The van der Waals surface area contributed by atoms with Crippen LogP contribution in [0.2, 0.25) is 0 Å². The first-order chi connectivity index (χ1) is 13.8. The van der Waals surface area contributed by atoms with Crippen molar-refractivity contribution in [2.75, 3.05) is 18.9 Å². The highest BCUT2D eigenvalue weighted by Crippen LogP contribution is 2.50. The third-order valence-electron chi connectivity index (χ3n) is 6.79. The van der Waals surface area contributed by atoms with Gasteiger partial charge >= 0.3 is 5.97 Å². The van der Waals surface area contributed by atoms with Gasteiger partial charge in [-0.05, 0) is 85.3 Å². The lowest BCUT2D eigenvalue weighted by atomic mass is 9.57. The fourth-order valence-corrected chi connectivity index (χ4v) is 5.09. The van der Waals surface area contributed by atoms with E-state index in [9.17, 15) is 14.7 Å².